The zero-order chi connectivity index (χ0) is 12.6. The number of hydrogen-bond donors (Lipinski definition) is 1. The molecule has 0 amide bonds. The highest BCUT2D eigenvalue weighted by atomic mass is 32.2. The first-order valence-corrected chi connectivity index (χ1v) is 7.54. The van der Waals surface area contributed by atoms with E-state index >= 15 is 0 Å². The van der Waals surface area contributed by atoms with Gasteiger partial charge in [-0.2, -0.15) is 11.8 Å². The van der Waals surface area contributed by atoms with Crippen molar-refractivity contribution in [3.8, 4) is 0 Å². The van der Waals surface area contributed by atoms with Gasteiger partial charge in [-0.3, -0.25) is 0 Å². The molecule has 6 heteroatoms. The normalized spacial score (nSPS) is 29.3. The molecule has 1 aromatic rings. The summed E-state index contributed by atoms with van der Waals surface area (Å²) in [5.41, 5.74) is 5.89. The van der Waals surface area contributed by atoms with Crippen LogP contribution in [0.3, 0.4) is 0 Å². The van der Waals surface area contributed by atoms with Gasteiger partial charge in [0.15, 0.2) is 11.6 Å². The largest absolute Gasteiger partial charge is 0.381 e. The van der Waals surface area contributed by atoms with E-state index < -0.39 is 5.82 Å². The first-order valence-electron chi connectivity index (χ1n) is 5.55. The lowest BCUT2D eigenvalue weighted by molar-refractivity contribution is 0.602. The predicted octanol–water partition coefficient (Wildman–Crippen LogP) is 2.80. The zero-order valence-electron chi connectivity index (χ0n) is 10.1. The molecule has 0 spiro atoms. The minimum Gasteiger partial charge on any atom is -0.381 e. The quantitative estimate of drug-likeness (QED) is 0.852. The summed E-state index contributed by atoms with van der Waals surface area (Å²) in [6, 6.07) is 0. The molecule has 3 unspecified atom stereocenters. The SMILES string of the molecule is Cc1nc(C2CSC(C)C(C)S2)nc(N)c1F. The highest BCUT2D eigenvalue weighted by Gasteiger charge is 2.29. The summed E-state index contributed by atoms with van der Waals surface area (Å²) in [6.07, 6.45) is 0. The summed E-state index contributed by atoms with van der Waals surface area (Å²) in [4.78, 5) is 8.29. The molecule has 0 aromatic carbocycles. The van der Waals surface area contributed by atoms with Crippen LogP contribution in [-0.4, -0.2) is 26.2 Å². The Balaban J connectivity index is 2.23. The van der Waals surface area contributed by atoms with Crippen molar-refractivity contribution >= 4 is 29.3 Å². The third-order valence-corrected chi connectivity index (χ3v) is 6.28. The average Bonchev–Trinajstić information content (AvgIpc) is 2.29. The van der Waals surface area contributed by atoms with Gasteiger partial charge in [0.25, 0.3) is 0 Å². The van der Waals surface area contributed by atoms with E-state index in [1.54, 1.807) is 6.92 Å². The van der Waals surface area contributed by atoms with Crippen LogP contribution in [-0.2, 0) is 0 Å². The number of halogens is 1. The number of nitrogen functional groups attached to an aromatic ring is 1. The summed E-state index contributed by atoms with van der Waals surface area (Å²) in [5, 5.41) is 1.40. The number of hydrogen-bond acceptors (Lipinski definition) is 5. The Hall–Kier alpha value is -0.490. The number of aryl methyl sites for hydroxylation is 1. The molecular formula is C11H16FN3S2. The monoisotopic (exact) mass is 273 g/mol. The summed E-state index contributed by atoms with van der Waals surface area (Å²) in [6.45, 7) is 6.06. The number of rotatable bonds is 1. The summed E-state index contributed by atoms with van der Waals surface area (Å²) < 4.78 is 13.4. The fourth-order valence-electron chi connectivity index (χ4n) is 1.67. The van der Waals surface area contributed by atoms with Gasteiger partial charge in [0.1, 0.15) is 5.82 Å². The average molecular weight is 273 g/mol. The van der Waals surface area contributed by atoms with Crippen LogP contribution in [0.1, 0.15) is 30.6 Å². The molecule has 1 fully saturated rings. The molecule has 1 aromatic heterocycles. The molecule has 1 aliphatic heterocycles. The van der Waals surface area contributed by atoms with Gasteiger partial charge in [-0.15, -0.1) is 11.8 Å². The molecule has 17 heavy (non-hydrogen) atoms. The molecule has 0 saturated carbocycles. The maximum absolute atomic E-state index is 13.4. The van der Waals surface area contributed by atoms with Crippen molar-refractivity contribution in [2.45, 2.75) is 36.5 Å². The van der Waals surface area contributed by atoms with Crippen molar-refractivity contribution < 1.29 is 4.39 Å². The van der Waals surface area contributed by atoms with E-state index in [1.165, 1.54) is 0 Å². The maximum Gasteiger partial charge on any atom is 0.186 e. The molecule has 94 valence electrons. The first kappa shape index (κ1) is 13.0. The van der Waals surface area contributed by atoms with Crippen LogP contribution in [0, 0.1) is 12.7 Å². The van der Waals surface area contributed by atoms with E-state index in [9.17, 15) is 4.39 Å². The Morgan fingerprint density at radius 3 is 2.59 bits per heavy atom. The van der Waals surface area contributed by atoms with E-state index in [0.29, 0.717) is 22.0 Å². The van der Waals surface area contributed by atoms with E-state index in [-0.39, 0.29) is 11.1 Å². The van der Waals surface area contributed by atoms with Crippen LogP contribution in [0.2, 0.25) is 0 Å². The van der Waals surface area contributed by atoms with Crippen LogP contribution < -0.4 is 5.73 Å². The van der Waals surface area contributed by atoms with Crippen molar-refractivity contribution in [3.63, 3.8) is 0 Å². The lowest BCUT2D eigenvalue weighted by atomic mass is 10.3. The number of nitrogens with zero attached hydrogens (tertiary/aromatic N) is 2. The second kappa shape index (κ2) is 5.02. The van der Waals surface area contributed by atoms with E-state index in [1.807, 2.05) is 23.5 Å². The molecule has 3 nitrogen and oxygen atoms in total. The molecule has 3 atom stereocenters. The Kier molecular flexibility index (Phi) is 3.82. The molecule has 2 heterocycles. The van der Waals surface area contributed by atoms with Gasteiger partial charge in [-0.05, 0) is 6.92 Å². The topological polar surface area (TPSA) is 51.8 Å². The fraction of sp³-hybridized carbons (Fsp3) is 0.636. The highest BCUT2D eigenvalue weighted by molar-refractivity contribution is 8.07. The number of thioether (sulfide) groups is 2. The van der Waals surface area contributed by atoms with Crippen molar-refractivity contribution in [3.05, 3.63) is 17.3 Å². The van der Waals surface area contributed by atoms with Crippen LogP contribution >= 0.6 is 23.5 Å². The van der Waals surface area contributed by atoms with Crippen LogP contribution in [0.5, 0.6) is 0 Å². The van der Waals surface area contributed by atoms with E-state index in [0.717, 1.165) is 5.75 Å². The standard InChI is InChI=1S/C11H16FN3S2/c1-5-9(12)10(13)15-11(14-5)8-4-16-6(2)7(3)17-8/h6-8H,4H2,1-3H3,(H2,13,14,15). The van der Waals surface area contributed by atoms with Crippen LogP contribution in [0.4, 0.5) is 10.2 Å². The van der Waals surface area contributed by atoms with E-state index in [2.05, 4.69) is 23.8 Å². The maximum atomic E-state index is 13.4. The first-order chi connectivity index (χ1) is 7.99. The number of anilines is 1. The Morgan fingerprint density at radius 2 is 2.00 bits per heavy atom. The van der Waals surface area contributed by atoms with Gasteiger partial charge in [-0.1, -0.05) is 13.8 Å². The van der Waals surface area contributed by atoms with Crippen molar-refractivity contribution in [2.75, 3.05) is 11.5 Å². The second-order valence-electron chi connectivity index (χ2n) is 4.23. The lowest BCUT2D eigenvalue weighted by Crippen LogP contribution is -2.23. The third-order valence-electron chi connectivity index (χ3n) is 2.90. The summed E-state index contributed by atoms with van der Waals surface area (Å²) >= 11 is 3.76. The lowest BCUT2D eigenvalue weighted by Gasteiger charge is -2.30. The molecule has 0 bridgehead atoms. The molecule has 2 rings (SSSR count). The van der Waals surface area contributed by atoms with Crippen LogP contribution in [0.15, 0.2) is 0 Å². The van der Waals surface area contributed by atoms with Gasteiger partial charge in [-0.25, -0.2) is 14.4 Å². The minimum atomic E-state index is -0.497. The Bertz CT molecular complexity index is 404. The molecule has 0 radical (unpaired) electrons. The fourth-order valence-corrected chi connectivity index (χ4v) is 4.51. The molecule has 2 N–H and O–H groups in total. The summed E-state index contributed by atoms with van der Waals surface area (Å²) in [5.74, 6) is 1.09. The highest BCUT2D eigenvalue weighted by Crippen LogP contribution is 2.43. The molecule has 1 aliphatic rings. The smallest absolute Gasteiger partial charge is 0.186 e. The third kappa shape index (κ3) is 2.68. The van der Waals surface area contributed by atoms with E-state index in [4.69, 9.17) is 5.73 Å². The van der Waals surface area contributed by atoms with Gasteiger partial charge >= 0.3 is 0 Å². The second-order valence-corrected chi connectivity index (χ2v) is 7.23. The zero-order valence-corrected chi connectivity index (χ0v) is 11.7. The Labute approximate surface area is 109 Å². The minimum absolute atomic E-state index is 0.0376. The van der Waals surface area contributed by atoms with Gasteiger partial charge in [0.2, 0.25) is 0 Å². The van der Waals surface area contributed by atoms with Crippen molar-refractivity contribution in [2.24, 2.45) is 0 Å². The van der Waals surface area contributed by atoms with Crippen molar-refractivity contribution in [1.29, 1.82) is 0 Å². The summed E-state index contributed by atoms with van der Waals surface area (Å²) in [7, 11) is 0. The Morgan fingerprint density at radius 1 is 1.29 bits per heavy atom. The number of nitrogens with two attached hydrogens (primary N) is 1. The van der Waals surface area contributed by atoms with Crippen molar-refractivity contribution in [1.82, 2.24) is 9.97 Å². The molecular weight excluding hydrogens is 257 g/mol. The van der Waals surface area contributed by atoms with Gasteiger partial charge in [0.05, 0.1) is 10.9 Å². The van der Waals surface area contributed by atoms with Gasteiger partial charge in [0, 0.05) is 16.3 Å². The van der Waals surface area contributed by atoms with Gasteiger partial charge < -0.3 is 5.73 Å². The van der Waals surface area contributed by atoms with Crippen LogP contribution in [0.25, 0.3) is 0 Å². The molecule has 0 aliphatic carbocycles. The predicted molar refractivity (Wildman–Crippen MR) is 72.9 cm³/mol. The molecule has 1 saturated heterocycles. The number of aromatic nitrogens is 2.